The Morgan fingerprint density at radius 2 is 1.66 bits per heavy atom. The summed E-state index contributed by atoms with van der Waals surface area (Å²) in [5, 5.41) is 6.57. The molecule has 9 heteroatoms. The van der Waals surface area contributed by atoms with Crippen LogP contribution in [0.15, 0.2) is 54.6 Å². The molecule has 162 valence electrons. The van der Waals surface area contributed by atoms with Crippen molar-refractivity contribution in [2.24, 2.45) is 0 Å². The van der Waals surface area contributed by atoms with Gasteiger partial charge in [-0.05, 0) is 48.0 Å². The molecule has 0 atom stereocenters. The first-order chi connectivity index (χ1) is 15.3. The molecule has 2 amide bonds. The number of rotatable bonds is 5. The quantitative estimate of drug-likeness (QED) is 0.372. The van der Waals surface area contributed by atoms with E-state index in [-0.39, 0.29) is 28.3 Å². The molecule has 1 aliphatic rings. The van der Waals surface area contributed by atoms with E-state index in [9.17, 15) is 9.59 Å². The van der Waals surface area contributed by atoms with Crippen molar-refractivity contribution in [3.05, 3.63) is 85.8 Å². The van der Waals surface area contributed by atoms with Crippen LogP contribution in [-0.2, 0) is 9.59 Å². The second kappa shape index (κ2) is 9.43. The van der Waals surface area contributed by atoms with Gasteiger partial charge in [-0.3, -0.25) is 9.59 Å². The van der Waals surface area contributed by atoms with E-state index in [0.29, 0.717) is 26.9 Å². The highest BCUT2D eigenvalue weighted by Crippen LogP contribution is 2.37. The standard InChI is InChI=1S/C23H14Cl4N2O3/c24-16-6-5-13(10-17(16)25)28-21(30)11-32-22-18(26)8-12(9-19(22)27)7-15-14-3-1-2-4-20(14)29-23(15)31/h1-10H,11H2,(H,28,30)(H,29,31)/b15-7-. The van der Waals surface area contributed by atoms with Gasteiger partial charge in [-0.25, -0.2) is 0 Å². The maximum Gasteiger partial charge on any atom is 0.262 e. The van der Waals surface area contributed by atoms with E-state index in [0.717, 1.165) is 11.3 Å². The van der Waals surface area contributed by atoms with Gasteiger partial charge in [0.25, 0.3) is 11.8 Å². The summed E-state index contributed by atoms with van der Waals surface area (Å²) in [4.78, 5) is 24.5. The van der Waals surface area contributed by atoms with Crippen LogP contribution in [0.4, 0.5) is 11.4 Å². The number of carbonyl (C=O) groups is 2. The third kappa shape index (κ3) is 4.87. The highest BCUT2D eigenvalue weighted by molar-refractivity contribution is 6.42. The summed E-state index contributed by atoms with van der Waals surface area (Å²) in [6.45, 7) is -0.324. The normalized spacial score (nSPS) is 13.6. The van der Waals surface area contributed by atoms with Crippen LogP contribution in [0.1, 0.15) is 11.1 Å². The Morgan fingerprint density at radius 1 is 0.938 bits per heavy atom. The van der Waals surface area contributed by atoms with Crippen LogP contribution < -0.4 is 15.4 Å². The van der Waals surface area contributed by atoms with Crippen LogP contribution >= 0.6 is 46.4 Å². The van der Waals surface area contributed by atoms with Crippen molar-refractivity contribution in [3.63, 3.8) is 0 Å². The Hall–Kier alpha value is -2.70. The van der Waals surface area contributed by atoms with Gasteiger partial charge in [0.05, 0.1) is 20.1 Å². The van der Waals surface area contributed by atoms with Crippen LogP contribution in [0.25, 0.3) is 11.6 Å². The number of carbonyl (C=O) groups excluding carboxylic acids is 2. The summed E-state index contributed by atoms with van der Waals surface area (Å²) in [7, 11) is 0. The number of anilines is 2. The summed E-state index contributed by atoms with van der Waals surface area (Å²) in [6, 6.07) is 15.3. The summed E-state index contributed by atoms with van der Waals surface area (Å²) in [5.41, 5.74) is 3.14. The van der Waals surface area contributed by atoms with Crippen molar-refractivity contribution in [1.29, 1.82) is 0 Å². The average Bonchev–Trinajstić information content (AvgIpc) is 3.05. The first kappa shape index (κ1) is 22.5. The molecule has 0 saturated heterocycles. The molecule has 0 saturated carbocycles. The number of ether oxygens (including phenoxy) is 1. The average molecular weight is 508 g/mol. The first-order valence-electron chi connectivity index (χ1n) is 9.31. The predicted octanol–water partition coefficient (Wildman–Crippen LogP) is 6.81. The molecule has 0 aromatic heterocycles. The van der Waals surface area contributed by atoms with Crippen LogP contribution in [0.5, 0.6) is 5.75 Å². The fourth-order valence-corrected chi connectivity index (χ4v) is 4.07. The van der Waals surface area contributed by atoms with Gasteiger partial charge in [0.2, 0.25) is 0 Å². The number of halogens is 4. The fourth-order valence-electron chi connectivity index (χ4n) is 3.16. The van der Waals surface area contributed by atoms with E-state index < -0.39 is 5.91 Å². The van der Waals surface area contributed by atoms with Crippen molar-refractivity contribution >= 4 is 81.2 Å². The monoisotopic (exact) mass is 506 g/mol. The molecule has 0 unspecified atom stereocenters. The summed E-state index contributed by atoms with van der Waals surface area (Å²) >= 11 is 24.5. The van der Waals surface area contributed by atoms with Gasteiger partial charge in [-0.2, -0.15) is 0 Å². The minimum absolute atomic E-state index is 0.163. The fraction of sp³-hybridized carbons (Fsp3) is 0.0435. The molecular formula is C23H14Cl4N2O3. The van der Waals surface area contributed by atoms with E-state index in [1.54, 1.807) is 30.3 Å². The Morgan fingerprint density at radius 3 is 2.38 bits per heavy atom. The van der Waals surface area contributed by atoms with Gasteiger partial charge < -0.3 is 15.4 Å². The third-order valence-electron chi connectivity index (χ3n) is 4.59. The molecule has 0 spiro atoms. The first-order valence-corrected chi connectivity index (χ1v) is 10.8. The topological polar surface area (TPSA) is 67.4 Å². The Bertz CT molecular complexity index is 1250. The van der Waals surface area contributed by atoms with Gasteiger partial charge in [0, 0.05) is 22.5 Å². The van der Waals surface area contributed by atoms with E-state index in [1.807, 2.05) is 24.3 Å². The third-order valence-corrected chi connectivity index (χ3v) is 5.89. The second-order valence-electron chi connectivity index (χ2n) is 6.84. The van der Waals surface area contributed by atoms with Gasteiger partial charge in [0.15, 0.2) is 12.4 Å². The van der Waals surface area contributed by atoms with E-state index in [2.05, 4.69) is 10.6 Å². The minimum Gasteiger partial charge on any atom is -0.481 e. The van der Waals surface area contributed by atoms with Crippen LogP contribution in [0.2, 0.25) is 20.1 Å². The predicted molar refractivity (Wildman–Crippen MR) is 130 cm³/mol. The molecule has 1 heterocycles. The number of hydrogen-bond acceptors (Lipinski definition) is 3. The molecule has 0 bridgehead atoms. The Balaban J connectivity index is 1.48. The number of nitrogens with one attached hydrogen (secondary N) is 2. The van der Waals surface area contributed by atoms with E-state index >= 15 is 0 Å². The van der Waals surface area contributed by atoms with Crippen molar-refractivity contribution < 1.29 is 14.3 Å². The molecule has 5 nitrogen and oxygen atoms in total. The lowest BCUT2D eigenvalue weighted by Crippen LogP contribution is -2.20. The zero-order valence-corrected chi connectivity index (χ0v) is 19.2. The summed E-state index contributed by atoms with van der Waals surface area (Å²) in [5.74, 6) is -0.477. The van der Waals surface area contributed by atoms with Crippen LogP contribution in [0, 0.1) is 0 Å². The van der Waals surface area contributed by atoms with Gasteiger partial charge in [-0.1, -0.05) is 64.6 Å². The molecule has 3 aromatic rings. The van der Waals surface area contributed by atoms with Gasteiger partial charge in [-0.15, -0.1) is 0 Å². The van der Waals surface area contributed by atoms with Crippen molar-refractivity contribution in [1.82, 2.24) is 0 Å². The van der Waals surface area contributed by atoms with Crippen molar-refractivity contribution in [2.45, 2.75) is 0 Å². The largest absolute Gasteiger partial charge is 0.481 e. The van der Waals surface area contributed by atoms with E-state index in [4.69, 9.17) is 51.1 Å². The Kier molecular flexibility index (Phi) is 6.63. The zero-order chi connectivity index (χ0) is 22.8. The number of amides is 2. The van der Waals surface area contributed by atoms with Crippen molar-refractivity contribution in [2.75, 3.05) is 17.2 Å². The van der Waals surface area contributed by atoms with Gasteiger partial charge >= 0.3 is 0 Å². The number of fused-ring (bicyclic) bond motifs is 1. The van der Waals surface area contributed by atoms with Crippen LogP contribution in [0.3, 0.4) is 0 Å². The smallest absolute Gasteiger partial charge is 0.262 e. The highest BCUT2D eigenvalue weighted by atomic mass is 35.5. The maximum absolute atomic E-state index is 12.3. The summed E-state index contributed by atoms with van der Waals surface area (Å²) in [6.07, 6.45) is 1.69. The molecule has 0 fully saturated rings. The zero-order valence-electron chi connectivity index (χ0n) is 16.2. The van der Waals surface area contributed by atoms with Gasteiger partial charge in [0.1, 0.15) is 0 Å². The minimum atomic E-state index is -0.430. The number of para-hydroxylation sites is 1. The molecular weight excluding hydrogens is 494 g/mol. The molecule has 2 N–H and O–H groups in total. The van der Waals surface area contributed by atoms with Crippen LogP contribution in [-0.4, -0.2) is 18.4 Å². The molecule has 32 heavy (non-hydrogen) atoms. The second-order valence-corrected chi connectivity index (χ2v) is 8.47. The molecule has 4 rings (SSSR count). The van der Waals surface area contributed by atoms with E-state index in [1.165, 1.54) is 6.07 Å². The lowest BCUT2D eigenvalue weighted by atomic mass is 10.0. The number of benzene rings is 3. The lowest BCUT2D eigenvalue weighted by Gasteiger charge is -2.12. The number of hydrogen-bond donors (Lipinski definition) is 2. The highest BCUT2D eigenvalue weighted by Gasteiger charge is 2.23. The van der Waals surface area contributed by atoms with Crippen molar-refractivity contribution in [3.8, 4) is 5.75 Å². The molecule has 3 aromatic carbocycles. The molecule has 1 aliphatic heterocycles. The SMILES string of the molecule is O=C(COc1c(Cl)cc(/C=C2\C(=O)Nc3ccccc32)cc1Cl)Nc1ccc(Cl)c(Cl)c1. The molecule has 0 aliphatic carbocycles. The molecule has 0 radical (unpaired) electrons. The lowest BCUT2D eigenvalue weighted by molar-refractivity contribution is -0.118. The maximum atomic E-state index is 12.3. The Labute approximate surface area is 203 Å². The summed E-state index contributed by atoms with van der Waals surface area (Å²) < 4.78 is 5.52.